The van der Waals surface area contributed by atoms with E-state index in [0.717, 1.165) is 5.92 Å². The molecular formula is C9H14. The van der Waals surface area contributed by atoms with E-state index >= 15 is 0 Å². The SMILES string of the molecule is C=CC1=CC(C)CCC1. The smallest absolute Gasteiger partial charge is 0.0256 e. The minimum Gasteiger partial charge on any atom is -0.0988 e. The van der Waals surface area contributed by atoms with Crippen molar-refractivity contribution >= 4 is 0 Å². The van der Waals surface area contributed by atoms with Crippen LogP contribution in [0.2, 0.25) is 0 Å². The van der Waals surface area contributed by atoms with Crippen molar-refractivity contribution < 1.29 is 0 Å². The summed E-state index contributed by atoms with van der Waals surface area (Å²) < 4.78 is 0. The fourth-order valence-electron chi connectivity index (χ4n) is 1.33. The number of allylic oxidation sites excluding steroid dienone is 3. The largest absolute Gasteiger partial charge is 0.0988 e. The van der Waals surface area contributed by atoms with Gasteiger partial charge in [0.25, 0.3) is 0 Å². The Balaban J connectivity index is 2.59. The Kier molecular flexibility index (Phi) is 2.10. The van der Waals surface area contributed by atoms with Gasteiger partial charge in [-0.2, -0.15) is 0 Å². The number of hydrogen-bond donors (Lipinski definition) is 0. The first-order valence-corrected chi connectivity index (χ1v) is 3.66. The summed E-state index contributed by atoms with van der Waals surface area (Å²) in [5, 5.41) is 0. The molecule has 0 aliphatic heterocycles. The molecule has 0 fully saturated rings. The van der Waals surface area contributed by atoms with Crippen molar-refractivity contribution in [2.75, 3.05) is 0 Å². The van der Waals surface area contributed by atoms with Gasteiger partial charge in [-0.25, -0.2) is 0 Å². The third-order valence-corrected chi connectivity index (χ3v) is 1.89. The van der Waals surface area contributed by atoms with Gasteiger partial charge in [0.15, 0.2) is 0 Å². The predicted octanol–water partition coefficient (Wildman–Crippen LogP) is 2.92. The average Bonchev–Trinajstić information content (AvgIpc) is 1.88. The highest BCUT2D eigenvalue weighted by Crippen LogP contribution is 2.22. The molecule has 0 radical (unpaired) electrons. The monoisotopic (exact) mass is 122 g/mol. The van der Waals surface area contributed by atoms with E-state index in [1.54, 1.807) is 0 Å². The quantitative estimate of drug-likeness (QED) is 0.501. The van der Waals surface area contributed by atoms with Gasteiger partial charge in [0.05, 0.1) is 0 Å². The summed E-state index contributed by atoms with van der Waals surface area (Å²) in [5.41, 5.74) is 1.44. The Hall–Kier alpha value is -0.520. The van der Waals surface area contributed by atoms with Crippen molar-refractivity contribution in [3.63, 3.8) is 0 Å². The van der Waals surface area contributed by atoms with Gasteiger partial charge in [-0.15, -0.1) is 0 Å². The Morgan fingerprint density at radius 3 is 3.00 bits per heavy atom. The van der Waals surface area contributed by atoms with E-state index in [1.807, 2.05) is 6.08 Å². The molecule has 0 spiro atoms. The fourth-order valence-corrected chi connectivity index (χ4v) is 1.33. The normalized spacial score (nSPS) is 27.2. The molecule has 0 aromatic rings. The number of rotatable bonds is 1. The van der Waals surface area contributed by atoms with Crippen LogP contribution in [-0.2, 0) is 0 Å². The van der Waals surface area contributed by atoms with Crippen LogP contribution in [0.5, 0.6) is 0 Å². The molecule has 9 heavy (non-hydrogen) atoms. The van der Waals surface area contributed by atoms with E-state index in [9.17, 15) is 0 Å². The van der Waals surface area contributed by atoms with E-state index in [0.29, 0.717) is 0 Å². The van der Waals surface area contributed by atoms with Crippen molar-refractivity contribution in [2.45, 2.75) is 26.2 Å². The average molecular weight is 122 g/mol. The topological polar surface area (TPSA) is 0 Å². The molecule has 50 valence electrons. The lowest BCUT2D eigenvalue weighted by Gasteiger charge is -2.14. The zero-order valence-electron chi connectivity index (χ0n) is 6.06. The summed E-state index contributed by atoms with van der Waals surface area (Å²) in [4.78, 5) is 0. The molecule has 0 nitrogen and oxygen atoms in total. The van der Waals surface area contributed by atoms with Gasteiger partial charge in [-0.3, -0.25) is 0 Å². The van der Waals surface area contributed by atoms with Gasteiger partial charge in [0, 0.05) is 0 Å². The van der Waals surface area contributed by atoms with Crippen LogP contribution in [0.25, 0.3) is 0 Å². The van der Waals surface area contributed by atoms with Gasteiger partial charge in [0.2, 0.25) is 0 Å². The van der Waals surface area contributed by atoms with Crippen molar-refractivity contribution in [3.8, 4) is 0 Å². The molecule has 1 aliphatic carbocycles. The van der Waals surface area contributed by atoms with E-state index in [4.69, 9.17) is 0 Å². The first-order valence-electron chi connectivity index (χ1n) is 3.66. The highest BCUT2D eigenvalue weighted by molar-refractivity contribution is 5.18. The maximum atomic E-state index is 3.75. The van der Waals surface area contributed by atoms with Crippen LogP contribution in [0.3, 0.4) is 0 Å². The fraction of sp³-hybridized carbons (Fsp3) is 0.556. The molecule has 0 saturated carbocycles. The lowest BCUT2D eigenvalue weighted by atomic mass is 9.92. The van der Waals surface area contributed by atoms with Gasteiger partial charge >= 0.3 is 0 Å². The predicted molar refractivity (Wildman–Crippen MR) is 41.3 cm³/mol. The molecular weight excluding hydrogens is 108 g/mol. The van der Waals surface area contributed by atoms with Gasteiger partial charge in [-0.05, 0) is 25.2 Å². The zero-order valence-corrected chi connectivity index (χ0v) is 6.06. The van der Waals surface area contributed by atoms with Crippen LogP contribution in [-0.4, -0.2) is 0 Å². The van der Waals surface area contributed by atoms with E-state index in [1.165, 1.54) is 24.8 Å². The Labute approximate surface area is 57.3 Å². The molecule has 0 amide bonds. The summed E-state index contributed by atoms with van der Waals surface area (Å²) in [5.74, 6) is 0.784. The summed E-state index contributed by atoms with van der Waals surface area (Å²) >= 11 is 0. The van der Waals surface area contributed by atoms with Crippen molar-refractivity contribution in [3.05, 3.63) is 24.3 Å². The van der Waals surface area contributed by atoms with Crippen LogP contribution in [0, 0.1) is 5.92 Å². The minimum absolute atomic E-state index is 0.784. The number of hydrogen-bond acceptors (Lipinski definition) is 0. The van der Waals surface area contributed by atoms with E-state index in [2.05, 4.69) is 19.6 Å². The van der Waals surface area contributed by atoms with Gasteiger partial charge < -0.3 is 0 Å². The van der Waals surface area contributed by atoms with Crippen molar-refractivity contribution in [1.82, 2.24) is 0 Å². The zero-order chi connectivity index (χ0) is 6.69. The first-order chi connectivity index (χ1) is 4.33. The van der Waals surface area contributed by atoms with Crippen LogP contribution < -0.4 is 0 Å². The highest BCUT2D eigenvalue weighted by Gasteiger charge is 2.05. The van der Waals surface area contributed by atoms with E-state index < -0.39 is 0 Å². The maximum absolute atomic E-state index is 3.75. The maximum Gasteiger partial charge on any atom is -0.0256 e. The third kappa shape index (κ3) is 1.70. The van der Waals surface area contributed by atoms with Crippen LogP contribution >= 0.6 is 0 Å². The second-order valence-electron chi connectivity index (χ2n) is 2.82. The molecule has 1 aliphatic rings. The minimum atomic E-state index is 0.784. The summed E-state index contributed by atoms with van der Waals surface area (Å²) in [7, 11) is 0. The first kappa shape index (κ1) is 6.60. The molecule has 0 saturated heterocycles. The molecule has 0 heterocycles. The second-order valence-corrected chi connectivity index (χ2v) is 2.82. The van der Waals surface area contributed by atoms with Crippen molar-refractivity contribution in [1.29, 1.82) is 0 Å². The van der Waals surface area contributed by atoms with Crippen LogP contribution in [0.4, 0.5) is 0 Å². The lowest BCUT2D eigenvalue weighted by molar-refractivity contribution is 0.574. The van der Waals surface area contributed by atoms with Crippen LogP contribution in [0.15, 0.2) is 24.3 Å². The standard InChI is InChI=1S/C9H14/c1-3-9-6-4-5-8(2)7-9/h3,7-8H,1,4-6H2,2H3. The molecule has 0 aromatic heterocycles. The lowest BCUT2D eigenvalue weighted by Crippen LogP contribution is -1.98. The van der Waals surface area contributed by atoms with Crippen molar-refractivity contribution in [2.24, 2.45) is 5.92 Å². The second kappa shape index (κ2) is 2.86. The highest BCUT2D eigenvalue weighted by atomic mass is 14.1. The molecule has 0 aromatic carbocycles. The van der Waals surface area contributed by atoms with Gasteiger partial charge in [-0.1, -0.05) is 31.2 Å². The van der Waals surface area contributed by atoms with Crippen LogP contribution in [0.1, 0.15) is 26.2 Å². The molecule has 0 heteroatoms. The summed E-state index contributed by atoms with van der Waals surface area (Å²) in [6.07, 6.45) is 8.26. The molecule has 0 bridgehead atoms. The van der Waals surface area contributed by atoms with E-state index in [-0.39, 0.29) is 0 Å². The summed E-state index contributed by atoms with van der Waals surface area (Å²) in [6.45, 7) is 6.02. The Bertz CT molecular complexity index is 131. The Morgan fingerprint density at radius 2 is 2.56 bits per heavy atom. The molecule has 1 unspecified atom stereocenters. The molecule has 1 rings (SSSR count). The van der Waals surface area contributed by atoms with Gasteiger partial charge in [0.1, 0.15) is 0 Å². The summed E-state index contributed by atoms with van der Waals surface area (Å²) in [6, 6.07) is 0. The third-order valence-electron chi connectivity index (χ3n) is 1.89. The molecule has 0 N–H and O–H groups in total. The molecule has 1 atom stereocenters. The Morgan fingerprint density at radius 1 is 1.78 bits per heavy atom.